The van der Waals surface area contributed by atoms with E-state index in [1.54, 1.807) is 0 Å². The normalized spacial score (nSPS) is 13.5. The molecule has 0 aliphatic heterocycles. The number of carbonyl (C=O) groups excluding carboxylic acids is 1. The van der Waals surface area contributed by atoms with E-state index in [9.17, 15) is 4.79 Å². The summed E-state index contributed by atoms with van der Waals surface area (Å²) in [6.07, 6.45) is 2.19. The van der Waals surface area contributed by atoms with Crippen molar-refractivity contribution >= 4 is 22.4 Å². The van der Waals surface area contributed by atoms with Crippen molar-refractivity contribution in [2.45, 2.75) is 52.9 Å². The van der Waals surface area contributed by atoms with Crippen LogP contribution in [0.15, 0.2) is 53.6 Å². The summed E-state index contributed by atoms with van der Waals surface area (Å²) < 4.78 is 5.73. The highest BCUT2D eigenvalue weighted by atomic mass is 16.5. The summed E-state index contributed by atoms with van der Waals surface area (Å²) in [5.41, 5.74) is 9.61. The quantitative estimate of drug-likeness (QED) is 0.445. The van der Waals surface area contributed by atoms with E-state index in [2.05, 4.69) is 73.8 Å². The number of aryl methyl sites for hydroxylation is 3. The van der Waals surface area contributed by atoms with E-state index in [1.807, 2.05) is 19.9 Å². The van der Waals surface area contributed by atoms with Gasteiger partial charge in [-0.25, -0.2) is 5.43 Å². The number of hydrazone groups is 1. The molecule has 160 valence electrons. The van der Waals surface area contributed by atoms with Crippen LogP contribution in [0.5, 0.6) is 5.75 Å². The SMILES string of the molecule is CC(=NNC(=O)COc1ccc(C(C)(C)C)cc1C)c1ccc2c3c(cccc13)CC2. The lowest BCUT2D eigenvalue weighted by molar-refractivity contribution is -0.123. The number of hydrogen-bond donors (Lipinski definition) is 1. The molecule has 1 aliphatic rings. The van der Waals surface area contributed by atoms with E-state index in [4.69, 9.17) is 4.74 Å². The van der Waals surface area contributed by atoms with Crippen molar-refractivity contribution in [1.82, 2.24) is 5.43 Å². The van der Waals surface area contributed by atoms with E-state index < -0.39 is 0 Å². The van der Waals surface area contributed by atoms with Crippen molar-refractivity contribution in [1.29, 1.82) is 0 Å². The van der Waals surface area contributed by atoms with E-state index in [0.29, 0.717) is 0 Å². The van der Waals surface area contributed by atoms with Crippen molar-refractivity contribution in [3.05, 3.63) is 76.3 Å². The van der Waals surface area contributed by atoms with Crippen LogP contribution in [0.4, 0.5) is 0 Å². The molecule has 1 aliphatic carbocycles. The second-order valence-electron chi connectivity index (χ2n) is 9.36. The lowest BCUT2D eigenvalue weighted by Crippen LogP contribution is -2.26. The van der Waals surface area contributed by atoms with Crippen LogP contribution >= 0.6 is 0 Å². The zero-order chi connectivity index (χ0) is 22.2. The Morgan fingerprint density at radius 3 is 2.52 bits per heavy atom. The number of amides is 1. The van der Waals surface area contributed by atoms with Gasteiger partial charge in [-0.2, -0.15) is 5.10 Å². The topological polar surface area (TPSA) is 50.7 Å². The molecule has 0 heterocycles. The summed E-state index contributed by atoms with van der Waals surface area (Å²) in [4.78, 5) is 12.3. The first-order valence-electron chi connectivity index (χ1n) is 10.8. The van der Waals surface area contributed by atoms with Crippen molar-refractivity contribution in [3.63, 3.8) is 0 Å². The summed E-state index contributed by atoms with van der Waals surface area (Å²) >= 11 is 0. The molecule has 0 radical (unpaired) electrons. The fourth-order valence-electron chi connectivity index (χ4n) is 4.22. The highest BCUT2D eigenvalue weighted by molar-refractivity contribution is 6.11. The largest absolute Gasteiger partial charge is 0.483 e. The van der Waals surface area contributed by atoms with E-state index in [-0.39, 0.29) is 17.9 Å². The lowest BCUT2D eigenvalue weighted by Gasteiger charge is -2.20. The minimum Gasteiger partial charge on any atom is -0.483 e. The molecule has 3 aromatic rings. The van der Waals surface area contributed by atoms with Crippen LogP contribution in [0.1, 0.15) is 55.5 Å². The average Bonchev–Trinajstić information content (AvgIpc) is 3.15. The molecule has 1 N–H and O–H groups in total. The van der Waals surface area contributed by atoms with Gasteiger partial charge in [-0.3, -0.25) is 4.79 Å². The molecule has 0 saturated carbocycles. The van der Waals surface area contributed by atoms with Crippen molar-refractivity contribution in [3.8, 4) is 5.75 Å². The highest BCUT2D eigenvalue weighted by Crippen LogP contribution is 2.33. The number of ether oxygens (including phenoxy) is 1. The molecule has 1 amide bonds. The zero-order valence-corrected chi connectivity index (χ0v) is 19.0. The predicted octanol–water partition coefficient (Wildman–Crippen LogP) is 5.46. The highest BCUT2D eigenvalue weighted by Gasteiger charge is 2.17. The number of hydrogen-bond acceptors (Lipinski definition) is 3. The monoisotopic (exact) mass is 414 g/mol. The third-order valence-corrected chi connectivity index (χ3v) is 6.01. The maximum Gasteiger partial charge on any atom is 0.277 e. The summed E-state index contributed by atoms with van der Waals surface area (Å²) in [6, 6.07) is 16.8. The molecule has 4 rings (SSSR count). The molecule has 0 spiro atoms. The Bertz CT molecular complexity index is 1180. The summed E-state index contributed by atoms with van der Waals surface area (Å²) in [7, 11) is 0. The van der Waals surface area contributed by atoms with Gasteiger partial charge >= 0.3 is 0 Å². The summed E-state index contributed by atoms with van der Waals surface area (Å²) in [5, 5.41) is 6.89. The number of rotatable bonds is 5. The van der Waals surface area contributed by atoms with E-state index in [0.717, 1.165) is 35.4 Å². The zero-order valence-electron chi connectivity index (χ0n) is 19.0. The third-order valence-electron chi connectivity index (χ3n) is 6.01. The van der Waals surface area contributed by atoms with Crippen LogP contribution in [0.2, 0.25) is 0 Å². The molecule has 0 aromatic heterocycles. The smallest absolute Gasteiger partial charge is 0.277 e. The Kier molecular flexibility index (Phi) is 5.57. The van der Waals surface area contributed by atoms with Crippen LogP contribution < -0.4 is 10.2 Å². The fourth-order valence-corrected chi connectivity index (χ4v) is 4.22. The van der Waals surface area contributed by atoms with Gasteiger partial charge in [0.2, 0.25) is 0 Å². The molecule has 0 bridgehead atoms. The first-order valence-corrected chi connectivity index (χ1v) is 10.8. The first kappa shape index (κ1) is 21.1. The van der Waals surface area contributed by atoms with Crippen LogP contribution in [0.3, 0.4) is 0 Å². The minimum atomic E-state index is -0.274. The predicted molar refractivity (Wildman–Crippen MR) is 127 cm³/mol. The molecule has 0 saturated heterocycles. The van der Waals surface area contributed by atoms with Crippen LogP contribution in [-0.2, 0) is 23.1 Å². The second kappa shape index (κ2) is 8.18. The molecule has 0 unspecified atom stereocenters. The molecule has 4 nitrogen and oxygen atoms in total. The molecule has 4 heteroatoms. The molecule has 0 fully saturated rings. The van der Waals surface area contributed by atoms with Crippen molar-refractivity contribution in [2.75, 3.05) is 6.61 Å². The Labute approximate surface area is 184 Å². The van der Waals surface area contributed by atoms with Gasteiger partial charge in [0.15, 0.2) is 6.61 Å². The number of carbonyl (C=O) groups is 1. The molecule has 3 aromatic carbocycles. The number of nitrogens with zero attached hydrogens (tertiary/aromatic N) is 1. The van der Waals surface area contributed by atoms with E-state index >= 15 is 0 Å². The fraction of sp³-hybridized carbons (Fsp3) is 0.333. The standard InChI is InChI=1S/C27H30N2O2/c1-17-15-21(27(3,4)5)12-14-24(17)31-16-25(30)29-28-18(2)22-13-11-20-10-9-19-7-6-8-23(22)26(19)20/h6-8,11-15H,9-10,16H2,1-5H3,(H,29,30). The molecular formula is C27H30N2O2. The van der Waals surface area contributed by atoms with Crippen molar-refractivity contribution in [2.24, 2.45) is 5.10 Å². The Morgan fingerprint density at radius 1 is 1.06 bits per heavy atom. The Morgan fingerprint density at radius 2 is 1.81 bits per heavy atom. The Balaban J connectivity index is 1.43. The van der Waals surface area contributed by atoms with E-state index in [1.165, 1.54) is 27.5 Å². The van der Waals surface area contributed by atoms with Gasteiger partial charge in [0.25, 0.3) is 5.91 Å². The lowest BCUT2D eigenvalue weighted by atomic mass is 9.86. The second-order valence-corrected chi connectivity index (χ2v) is 9.36. The maximum atomic E-state index is 12.3. The summed E-state index contributed by atoms with van der Waals surface area (Å²) in [5.74, 6) is 0.445. The average molecular weight is 415 g/mol. The first-order chi connectivity index (χ1) is 14.7. The molecule has 0 atom stereocenters. The maximum absolute atomic E-state index is 12.3. The van der Waals surface area contributed by atoms with Gasteiger partial charge in [-0.05, 0) is 71.2 Å². The Hall–Kier alpha value is -3.14. The number of benzene rings is 3. The molecule has 31 heavy (non-hydrogen) atoms. The number of nitrogens with one attached hydrogen (secondary N) is 1. The molecular weight excluding hydrogens is 384 g/mol. The van der Waals surface area contributed by atoms with Gasteiger partial charge in [0.05, 0.1) is 5.71 Å². The van der Waals surface area contributed by atoms with Gasteiger partial charge in [0.1, 0.15) is 5.75 Å². The summed E-state index contributed by atoms with van der Waals surface area (Å²) in [6.45, 7) is 10.4. The van der Waals surface area contributed by atoms with Gasteiger partial charge in [0, 0.05) is 5.56 Å². The van der Waals surface area contributed by atoms with Gasteiger partial charge < -0.3 is 4.74 Å². The van der Waals surface area contributed by atoms with Crippen molar-refractivity contribution < 1.29 is 9.53 Å². The minimum absolute atomic E-state index is 0.0731. The third kappa shape index (κ3) is 4.34. The van der Waals surface area contributed by atoms with Crippen LogP contribution in [0.25, 0.3) is 10.8 Å². The van der Waals surface area contributed by atoms with Crippen LogP contribution in [0, 0.1) is 6.92 Å². The van der Waals surface area contributed by atoms with Gasteiger partial charge in [-0.15, -0.1) is 0 Å². The van der Waals surface area contributed by atoms with Gasteiger partial charge in [-0.1, -0.05) is 63.2 Å². The van der Waals surface area contributed by atoms with Crippen LogP contribution in [-0.4, -0.2) is 18.2 Å².